The highest BCUT2D eigenvalue weighted by molar-refractivity contribution is 6.09. The highest BCUT2D eigenvalue weighted by Gasteiger charge is 2.20. The zero-order valence-electron chi connectivity index (χ0n) is 11.8. The first-order chi connectivity index (χ1) is 8.95. The summed E-state index contributed by atoms with van der Waals surface area (Å²) in [4.78, 5) is 12.6. The third kappa shape index (κ3) is 2.34. The number of nitrogens with two attached hydrogens (primary N) is 1. The summed E-state index contributed by atoms with van der Waals surface area (Å²) in [5.41, 5.74) is 10.5. The number of carbonyl (C=O) groups is 1. The van der Waals surface area contributed by atoms with E-state index < -0.39 is 0 Å². The fraction of sp³-hybridized carbons (Fsp3) is 0.312. The number of furan rings is 1. The van der Waals surface area contributed by atoms with Crippen molar-refractivity contribution in [1.29, 1.82) is 0 Å². The van der Waals surface area contributed by atoms with Crippen LogP contribution in [0.5, 0.6) is 0 Å². The fourth-order valence-electron chi connectivity index (χ4n) is 2.29. The van der Waals surface area contributed by atoms with Crippen molar-refractivity contribution in [3.8, 4) is 0 Å². The van der Waals surface area contributed by atoms with Crippen LogP contribution in [0.15, 0.2) is 22.6 Å². The van der Waals surface area contributed by atoms with Crippen molar-refractivity contribution in [2.45, 2.75) is 34.2 Å². The Morgan fingerprint density at radius 2 is 1.68 bits per heavy atom. The van der Waals surface area contributed by atoms with E-state index in [0.29, 0.717) is 18.1 Å². The zero-order valence-corrected chi connectivity index (χ0v) is 11.8. The van der Waals surface area contributed by atoms with Crippen molar-refractivity contribution in [1.82, 2.24) is 0 Å². The molecule has 1 aromatic carbocycles. The molecule has 1 heterocycles. The van der Waals surface area contributed by atoms with E-state index in [0.717, 1.165) is 27.8 Å². The Bertz CT molecular complexity index is 612. The lowest BCUT2D eigenvalue weighted by molar-refractivity contribution is 0.101. The van der Waals surface area contributed by atoms with Gasteiger partial charge in [-0.3, -0.25) is 4.79 Å². The second-order valence-electron chi connectivity index (χ2n) is 4.93. The molecule has 0 fully saturated rings. The number of hydrogen-bond donors (Lipinski definition) is 1. The molecule has 3 nitrogen and oxygen atoms in total. The summed E-state index contributed by atoms with van der Waals surface area (Å²) in [5, 5.41) is 0. The molecule has 0 radical (unpaired) electrons. The molecule has 2 rings (SSSR count). The Hall–Kier alpha value is -1.87. The maximum Gasteiger partial charge on any atom is 0.228 e. The van der Waals surface area contributed by atoms with Crippen molar-refractivity contribution in [2.75, 3.05) is 0 Å². The summed E-state index contributed by atoms with van der Waals surface area (Å²) in [6, 6.07) is 5.55. The standard InChI is InChI=1S/C16H19NO2/c1-9-7-10(2)12(4)15(11(9)3)16(18)14-6-5-13(8-17)19-14/h5-7H,8,17H2,1-4H3. The molecule has 0 aliphatic carbocycles. The van der Waals surface area contributed by atoms with Gasteiger partial charge in [-0.15, -0.1) is 0 Å². The van der Waals surface area contributed by atoms with E-state index >= 15 is 0 Å². The number of aryl methyl sites for hydroxylation is 2. The lowest BCUT2D eigenvalue weighted by Gasteiger charge is -2.13. The lowest BCUT2D eigenvalue weighted by atomic mass is 9.91. The molecular weight excluding hydrogens is 238 g/mol. The van der Waals surface area contributed by atoms with Crippen LogP contribution in [0, 0.1) is 27.7 Å². The lowest BCUT2D eigenvalue weighted by Crippen LogP contribution is -2.08. The normalized spacial score (nSPS) is 10.8. The van der Waals surface area contributed by atoms with Crippen LogP contribution in [0.1, 0.15) is 44.1 Å². The molecule has 3 heteroatoms. The van der Waals surface area contributed by atoms with Crippen molar-refractivity contribution in [3.63, 3.8) is 0 Å². The average Bonchev–Trinajstić information content (AvgIpc) is 2.85. The minimum Gasteiger partial charge on any atom is -0.456 e. The molecule has 0 aliphatic heterocycles. The monoisotopic (exact) mass is 257 g/mol. The van der Waals surface area contributed by atoms with Gasteiger partial charge in [0.15, 0.2) is 5.76 Å². The Labute approximate surface area is 113 Å². The van der Waals surface area contributed by atoms with Crippen molar-refractivity contribution in [3.05, 3.63) is 57.5 Å². The molecule has 19 heavy (non-hydrogen) atoms. The molecule has 0 spiro atoms. The van der Waals surface area contributed by atoms with E-state index in [4.69, 9.17) is 10.2 Å². The van der Waals surface area contributed by atoms with Crippen LogP contribution in [-0.2, 0) is 6.54 Å². The van der Waals surface area contributed by atoms with E-state index in [2.05, 4.69) is 6.07 Å². The van der Waals surface area contributed by atoms with Crippen LogP contribution >= 0.6 is 0 Å². The maximum atomic E-state index is 12.6. The van der Waals surface area contributed by atoms with E-state index in [1.54, 1.807) is 12.1 Å². The van der Waals surface area contributed by atoms with Crippen LogP contribution < -0.4 is 5.73 Å². The molecule has 0 bridgehead atoms. The molecule has 0 saturated carbocycles. The van der Waals surface area contributed by atoms with Gasteiger partial charge in [-0.05, 0) is 62.1 Å². The molecule has 2 aromatic rings. The maximum absolute atomic E-state index is 12.6. The summed E-state index contributed by atoms with van der Waals surface area (Å²) in [7, 11) is 0. The minimum atomic E-state index is -0.0681. The number of carbonyl (C=O) groups excluding carboxylic acids is 1. The Balaban J connectivity index is 2.55. The smallest absolute Gasteiger partial charge is 0.228 e. The van der Waals surface area contributed by atoms with Crippen molar-refractivity contribution in [2.24, 2.45) is 5.73 Å². The van der Waals surface area contributed by atoms with Crippen molar-refractivity contribution < 1.29 is 9.21 Å². The van der Waals surface area contributed by atoms with E-state index in [1.165, 1.54) is 0 Å². The minimum absolute atomic E-state index is 0.0681. The molecule has 1 aromatic heterocycles. The summed E-state index contributed by atoms with van der Waals surface area (Å²) >= 11 is 0. The van der Waals surface area contributed by atoms with Crippen LogP contribution in [0.3, 0.4) is 0 Å². The van der Waals surface area contributed by atoms with Crippen LogP contribution in [0.25, 0.3) is 0 Å². The highest BCUT2D eigenvalue weighted by atomic mass is 16.3. The molecule has 0 unspecified atom stereocenters. The summed E-state index contributed by atoms with van der Waals surface area (Å²) < 4.78 is 5.46. The van der Waals surface area contributed by atoms with Gasteiger partial charge in [0.05, 0.1) is 6.54 Å². The van der Waals surface area contributed by atoms with Gasteiger partial charge >= 0.3 is 0 Å². The Morgan fingerprint density at radius 1 is 1.11 bits per heavy atom. The Morgan fingerprint density at radius 3 is 2.16 bits per heavy atom. The first kappa shape index (κ1) is 13.6. The van der Waals surface area contributed by atoms with Gasteiger partial charge < -0.3 is 10.2 Å². The average molecular weight is 257 g/mol. The predicted molar refractivity (Wildman–Crippen MR) is 75.4 cm³/mol. The highest BCUT2D eigenvalue weighted by Crippen LogP contribution is 2.25. The number of ketones is 1. The third-order valence-corrected chi connectivity index (χ3v) is 3.68. The van der Waals surface area contributed by atoms with Crippen LogP contribution in [0.2, 0.25) is 0 Å². The zero-order chi connectivity index (χ0) is 14.2. The van der Waals surface area contributed by atoms with E-state index in [1.807, 2.05) is 27.7 Å². The topological polar surface area (TPSA) is 56.2 Å². The number of hydrogen-bond acceptors (Lipinski definition) is 3. The van der Waals surface area contributed by atoms with Gasteiger partial charge in [0.1, 0.15) is 5.76 Å². The first-order valence-electron chi connectivity index (χ1n) is 6.36. The van der Waals surface area contributed by atoms with Crippen LogP contribution in [-0.4, -0.2) is 5.78 Å². The van der Waals surface area contributed by atoms with Gasteiger partial charge in [0.25, 0.3) is 0 Å². The second-order valence-corrected chi connectivity index (χ2v) is 4.93. The van der Waals surface area contributed by atoms with E-state index in [-0.39, 0.29) is 5.78 Å². The summed E-state index contributed by atoms with van der Waals surface area (Å²) in [6.45, 7) is 8.29. The molecular formula is C16H19NO2. The summed E-state index contributed by atoms with van der Waals surface area (Å²) in [5.74, 6) is 0.918. The SMILES string of the molecule is Cc1cc(C)c(C)c(C(=O)c2ccc(CN)o2)c1C. The Kier molecular flexibility index (Phi) is 3.58. The quantitative estimate of drug-likeness (QED) is 0.859. The first-order valence-corrected chi connectivity index (χ1v) is 6.36. The number of benzene rings is 1. The molecule has 0 aliphatic rings. The van der Waals surface area contributed by atoms with Gasteiger partial charge in [-0.1, -0.05) is 6.07 Å². The predicted octanol–water partition coefficient (Wildman–Crippen LogP) is 3.20. The van der Waals surface area contributed by atoms with Crippen LogP contribution in [0.4, 0.5) is 0 Å². The molecule has 0 saturated heterocycles. The van der Waals surface area contributed by atoms with E-state index in [9.17, 15) is 4.79 Å². The molecule has 100 valence electrons. The van der Waals surface area contributed by atoms with Gasteiger partial charge in [0.2, 0.25) is 5.78 Å². The fourth-order valence-corrected chi connectivity index (χ4v) is 2.29. The molecule has 2 N–H and O–H groups in total. The van der Waals surface area contributed by atoms with Crippen molar-refractivity contribution >= 4 is 5.78 Å². The van der Waals surface area contributed by atoms with Gasteiger partial charge in [-0.25, -0.2) is 0 Å². The second kappa shape index (κ2) is 5.02. The van der Waals surface area contributed by atoms with Gasteiger partial charge in [-0.2, -0.15) is 0 Å². The molecule has 0 atom stereocenters. The summed E-state index contributed by atoms with van der Waals surface area (Å²) in [6.07, 6.45) is 0. The largest absolute Gasteiger partial charge is 0.456 e. The molecule has 0 amide bonds. The van der Waals surface area contributed by atoms with Gasteiger partial charge in [0, 0.05) is 5.56 Å². The number of rotatable bonds is 3. The third-order valence-electron chi connectivity index (χ3n) is 3.68.